The molecule has 11 heteroatoms. The van der Waals surface area contributed by atoms with Crippen molar-refractivity contribution in [2.24, 2.45) is 5.92 Å². The molecule has 1 atom stereocenters. The molecule has 214 valence electrons. The Kier molecular flexibility index (Phi) is 11.3. The number of rotatable bonds is 12. The SMILES string of the molecule is CC(C)CNC(=O)C(Cc1ccccc1)N(Cc1ccccc1Cl)C(=O)CN(c1ccc(Cl)cc1Cl)S(C)(=O)=O. The van der Waals surface area contributed by atoms with Crippen molar-refractivity contribution in [1.29, 1.82) is 0 Å². The summed E-state index contributed by atoms with van der Waals surface area (Å²) in [5.74, 6) is -0.771. The molecule has 0 saturated heterocycles. The van der Waals surface area contributed by atoms with Gasteiger partial charge in [0.25, 0.3) is 0 Å². The first kappa shape index (κ1) is 31.7. The van der Waals surface area contributed by atoms with Crippen LogP contribution in [0.2, 0.25) is 15.1 Å². The van der Waals surface area contributed by atoms with Crippen molar-refractivity contribution in [1.82, 2.24) is 10.2 Å². The van der Waals surface area contributed by atoms with Crippen LogP contribution >= 0.6 is 34.8 Å². The molecule has 0 aromatic heterocycles. The lowest BCUT2D eigenvalue weighted by molar-refractivity contribution is -0.140. The lowest BCUT2D eigenvalue weighted by Crippen LogP contribution is -2.53. The summed E-state index contributed by atoms with van der Waals surface area (Å²) >= 11 is 18.8. The van der Waals surface area contributed by atoms with Gasteiger partial charge in [-0.2, -0.15) is 0 Å². The van der Waals surface area contributed by atoms with E-state index in [0.717, 1.165) is 16.1 Å². The highest BCUT2D eigenvalue weighted by atomic mass is 35.5. The van der Waals surface area contributed by atoms with E-state index >= 15 is 0 Å². The summed E-state index contributed by atoms with van der Waals surface area (Å²) in [6.07, 6.45) is 1.20. The smallest absolute Gasteiger partial charge is 0.244 e. The largest absolute Gasteiger partial charge is 0.354 e. The fraction of sp³-hybridized carbons (Fsp3) is 0.310. The van der Waals surface area contributed by atoms with Gasteiger partial charge >= 0.3 is 0 Å². The van der Waals surface area contributed by atoms with Crippen LogP contribution in [-0.4, -0.2) is 50.5 Å². The molecule has 3 aromatic carbocycles. The van der Waals surface area contributed by atoms with Crippen LogP contribution in [0.15, 0.2) is 72.8 Å². The van der Waals surface area contributed by atoms with Gasteiger partial charge in [-0.3, -0.25) is 13.9 Å². The first-order chi connectivity index (χ1) is 18.9. The minimum Gasteiger partial charge on any atom is -0.354 e. The number of halogens is 3. The number of nitrogens with zero attached hydrogens (tertiary/aromatic N) is 2. The molecule has 0 aliphatic heterocycles. The van der Waals surface area contributed by atoms with Gasteiger partial charge in [0.05, 0.1) is 17.0 Å². The zero-order valence-corrected chi connectivity index (χ0v) is 25.6. The number of nitrogens with one attached hydrogen (secondary N) is 1. The van der Waals surface area contributed by atoms with Crippen molar-refractivity contribution in [3.63, 3.8) is 0 Å². The van der Waals surface area contributed by atoms with Gasteiger partial charge in [0.2, 0.25) is 21.8 Å². The fourth-order valence-electron chi connectivity index (χ4n) is 4.06. The van der Waals surface area contributed by atoms with Gasteiger partial charge in [-0.15, -0.1) is 0 Å². The second-order valence-corrected chi connectivity index (χ2v) is 13.0. The average Bonchev–Trinajstić information content (AvgIpc) is 2.89. The van der Waals surface area contributed by atoms with Crippen molar-refractivity contribution < 1.29 is 18.0 Å². The molecule has 0 heterocycles. The fourth-order valence-corrected chi connectivity index (χ4v) is 5.68. The van der Waals surface area contributed by atoms with Gasteiger partial charge in [-0.1, -0.05) is 97.2 Å². The van der Waals surface area contributed by atoms with Gasteiger partial charge in [-0.25, -0.2) is 8.42 Å². The van der Waals surface area contributed by atoms with Crippen molar-refractivity contribution in [3.8, 4) is 0 Å². The molecular weight excluding hydrogens is 593 g/mol. The highest BCUT2D eigenvalue weighted by Crippen LogP contribution is 2.31. The van der Waals surface area contributed by atoms with E-state index in [1.165, 1.54) is 23.1 Å². The Labute approximate surface area is 251 Å². The zero-order valence-electron chi connectivity index (χ0n) is 22.5. The monoisotopic (exact) mass is 623 g/mol. The molecular formula is C29H32Cl3N3O4S. The highest BCUT2D eigenvalue weighted by molar-refractivity contribution is 7.92. The van der Waals surface area contributed by atoms with Crippen LogP contribution in [0.4, 0.5) is 5.69 Å². The number of benzene rings is 3. The Morgan fingerprint density at radius 3 is 2.15 bits per heavy atom. The number of carbonyl (C=O) groups is 2. The van der Waals surface area contributed by atoms with Gasteiger partial charge in [0.15, 0.2) is 0 Å². The van der Waals surface area contributed by atoms with Crippen LogP contribution in [0.1, 0.15) is 25.0 Å². The highest BCUT2D eigenvalue weighted by Gasteiger charge is 2.33. The molecule has 0 fully saturated rings. The number of hydrogen-bond donors (Lipinski definition) is 1. The Balaban J connectivity index is 2.08. The maximum Gasteiger partial charge on any atom is 0.244 e. The molecule has 2 amide bonds. The summed E-state index contributed by atoms with van der Waals surface area (Å²) in [6, 6.07) is 19.7. The van der Waals surface area contributed by atoms with Crippen molar-refractivity contribution >= 4 is 62.3 Å². The number of anilines is 1. The van der Waals surface area contributed by atoms with E-state index in [1.807, 2.05) is 44.2 Å². The van der Waals surface area contributed by atoms with Gasteiger partial charge < -0.3 is 10.2 Å². The molecule has 0 bridgehead atoms. The van der Waals surface area contributed by atoms with Gasteiger partial charge in [0, 0.05) is 29.6 Å². The van der Waals surface area contributed by atoms with E-state index in [0.29, 0.717) is 22.2 Å². The number of carbonyl (C=O) groups excluding carboxylic acids is 2. The number of amides is 2. The van der Waals surface area contributed by atoms with Crippen molar-refractivity contribution in [2.45, 2.75) is 32.9 Å². The van der Waals surface area contributed by atoms with E-state index in [2.05, 4.69) is 5.32 Å². The maximum atomic E-state index is 14.1. The summed E-state index contributed by atoms with van der Waals surface area (Å²) in [5, 5.41) is 3.74. The summed E-state index contributed by atoms with van der Waals surface area (Å²) in [5.41, 5.74) is 1.55. The minimum absolute atomic E-state index is 0.0168. The van der Waals surface area contributed by atoms with E-state index in [-0.39, 0.29) is 35.5 Å². The summed E-state index contributed by atoms with van der Waals surface area (Å²) in [4.78, 5) is 29.1. The minimum atomic E-state index is -3.96. The standard InChI is InChI=1S/C29H32Cl3N3O4S/c1-20(2)17-33-29(37)27(15-21-9-5-4-6-10-21)34(18-22-11-7-8-12-24(22)31)28(36)19-35(40(3,38)39)26-14-13-23(30)16-25(26)32/h4-14,16,20,27H,15,17-19H2,1-3H3,(H,33,37). The predicted molar refractivity (Wildman–Crippen MR) is 162 cm³/mol. The predicted octanol–water partition coefficient (Wildman–Crippen LogP) is 5.83. The van der Waals surface area contributed by atoms with Crippen LogP contribution in [0.3, 0.4) is 0 Å². The molecule has 40 heavy (non-hydrogen) atoms. The molecule has 0 aliphatic carbocycles. The number of hydrogen-bond acceptors (Lipinski definition) is 4. The Hall–Kier alpha value is -2.78. The molecule has 7 nitrogen and oxygen atoms in total. The summed E-state index contributed by atoms with van der Waals surface area (Å²) < 4.78 is 26.7. The topological polar surface area (TPSA) is 86.8 Å². The second-order valence-electron chi connectivity index (χ2n) is 9.82. The number of sulfonamides is 1. The first-order valence-electron chi connectivity index (χ1n) is 12.6. The Bertz CT molecular complexity index is 1440. The molecule has 3 aromatic rings. The van der Waals surface area contributed by atoms with Crippen LogP contribution in [0.25, 0.3) is 0 Å². The Morgan fingerprint density at radius 2 is 1.55 bits per heavy atom. The van der Waals surface area contributed by atoms with Gasteiger partial charge in [0.1, 0.15) is 12.6 Å². The lowest BCUT2D eigenvalue weighted by atomic mass is 10.0. The lowest BCUT2D eigenvalue weighted by Gasteiger charge is -2.34. The van der Waals surface area contributed by atoms with E-state index < -0.39 is 28.5 Å². The van der Waals surface area contributed by atoms with E-state index in [1.54, 1.807) is 24.3 Å². The van der Waals surface area contributed by atoms with E-state index in [4.69, 9.17) is 34.8 Å². The molecule has 1 unspecified atom stereocenters. The third-order valence-corrected chi connectivity index (χ3v) is 8.14. The summed E-state index contributed by atoms with van der Waals surface area (Å²) in [7, 11) is -3.96. The van der Waals surface area contributed by atoms with Crippen LogP contribution in [0, 0.1) is 5.92 Å². The van der Waals surface area contributed by atoms with Crippen LogP contribution < -0.4 is 9.62 Å². The van der Waals surface area contributed by atoms with Crippen LogP contribution in [-0.2, 0) is 32.6 Å². The maximum absolute atomic E-state index is 14.1. The Morgan fingerprint density at radius 1 is 0.900 bits per heavy atom. The normalized spacial score (nSPS) is 12.2. The first-order valence-corrected chi connectivity index (χ1v) is 15.6. The quantitative estimate of drug-likeness (QED) is 0.275. The van der Waals surface area contributed by atoms with Crippen LogP contribution in [0.5, 0.6) is 0 Å². The van der Waals surface area contributed by atoms with Gasteiger partial charge in [-0.05, 0) is 41.3 Å². The molecule has 1 N–H and O–H groups in total. The third kappa shape index (κ3) is 8.86. The van der Waals surface area contributed by atoms with E-state index in [9.17, 15) is 18.0 Å². The molecule has 0 saturated carbocycles. The third-order valence-electron chi connectivity index (χ3n) is 6.11. The average molecular weight is 625 g/mol. The molecule has 3 rings (SSSR count). The second kappa shape index (κ2) is 14.2. The van der Waals surface area contributed by atoms with Crippen molar-refractivity contribution in [2.75, 3.05) is 23.7 Å². The van der Waals surface area contributed by atoms with Crippen molar-refractivity contribution in [3.05, 3.63) is 99.0 Å². The molecule has 0 radical (unpaired) electrons. The summed E-state index contributed by atoms with van der Waals surface area (Å²) in [6.45, 7) is 3.75. The molecule has 0 spiro atoms. The zero-order chi connectivity index (χ0) is 29.4. The molecule has 0 aliphatic rings.